The number of hydrogen-bond acceptors (Lipinski definition) is 3. The van der Waals surface area contributed by atoms with Gasteiger partial charge in [-0.15, -0.1) is 0 Å². The fourth-order valence-electron chi connectivity index (χ4n) is 0.626. The SMILES string of the molecule is O=C(N[O-])c1nc(Cl)ccc1Cl. The van der Waals surface area contributed by atoms with E-state index in [0.29, 0.717) is 0 Å². The maximum atomic E-state index is 10.8. The zero-order valence-electron chi connectivity index (χ0n) is 5.67. The quantitative estimate of drug-likeness (QED) is 0.560. The molecule has 0 atom stereocenters. The van der Waals surface area contributed by atoms with E-state index in [1.54, 1.807) is 0 Å². The number of amides is 1. The molecule has 0 unspecified atom stereocenters. The van der Waals surface area contributed by atoms with E-state index >= 15 is 0 Å². The Morgan fingerprint density at radius 1 is 1.50 bits per heavy atom. The molecular weight excluding hydrogens is 203 g/mol. The lowest BCUT2D eigenvalue weighted by Gasteiger charge is -2.07. The standard InChI is InChI=1S/C6H3Cl2N2O2/c7-3-1-2-4(8)9-5(3)6(11)10-12/h1-2H,(H-,9,10,11,12)/q-1. The molecule has 0 aromatic carbocycles. The maximum Gasteiger partial charge on any atom is 0.260 e. The monoisotopic (exact) mass is 205 g/mol. The van der Waals surface area contributed by atoms with Crippen molar-refractivity contribution in [1.82, 2.24) is 10.5 Å². The first-order valence-corrected chi connectivity index (χ1v) is 3.65. The van der Waals surface area contributed by atoms with Crippen molar-refractivity contribution in [2.24, 2.45) is 0 Å². The van der Waals surface area contributed by atoms with Crippen LogP contribution in [-0.2, 0) is 0 Å². The highest BCUT2D eigenvalue weighted by molar-refractivity contribution is 6.34. The molecule has 0 aliphatic rings. The van der Waals surface area contributed by atoms with Gasteiger partial charge in [-0.05, 0) is 12.1 Å². The fraction of sp³-hybridized carbons (Fsp3) is 0. The van der Waals surface area contributed by atoms with Gasteiger partial charge in [-0.2, -0.15) is 0 Å². The number of carbonyl (C=O) groups excluding carboxylic acids is 1. The summed E-state index contributed by atoms with van der Waals surface area (Å²) in [5.74, 6) is -0.900. The molecule has 1 N–H and O–H groups in total. The van der Waals surface area contributed by atoms with E-state index in [9.17, 15) is 10.0 Å². The van der Waals surface area contributed by atoms with Gasteiger partial charge in [-0.1, -0.05) is 23.2 Å². The third-order valence-corrected chi connectivity index (χ3v) is 1.64. The van der Waals surface area contributed by atoms with Crippen molar-refractivity contribution in [3.8, 4) is 0 Å². The van der Waals surface area contributed by atoms with Crippen LogP contribution in [0.5, 0.6) is 0 Å². The van der Waals surface area contributed by atoms with Crippen LogP contribution in [0.3, 0.4) is 0 Å². The Balaban J connectivity index is 3.13. The van der Waals surface area contributed by atoms with Crippen LogP contribution in [0.4, 0.5) is 0 Å². The second kappa shape index (κ2) is 3.71. The zero-order chi connectivity index (χ0) is 9.14. The molecule has 0 bridgehead atoms. The van der Waals surface area contributed by atoms with Crippen LogP contribution in [-0.4, -0.2) is 10.9 Å². The summed E-state index contributed by atoms with van der Waals surface area (Å²) >= 11 is 11.0. The molecule has 0 fully saturated rings. The number of halogens is 2. The molecule has 1 aromatic rings. The van der Waals surface area contributed by atoms with Gasteiger partial charge in [-0.25, -0.2) is 4.98 Å². The second-order valence-electron chi connectivity index (χ2n) is 1.90. The molecule has 1 rings (SSSR count). The maximum absolute atomic E-state index is 10.8. The number of pyridine rings is 1. The highest BCUT2D eigenvalue weighted by Crippen LogP contribution is 2.16. The summed E-state index contributed by atoms with van der Waals surface area (Å²) in [6.45, 7) is 0. The number of nitrogens with one attached hydrogen (secondary N) is 1. The molecule has 0 radical (unpaired) electrons. The lowest BCUT2D eigenvalue weighted by Crippen LogP contribution is -2.17. The summed E-state index contributed by atoms with van der Waals surface area (Å²) < 4.78 is 0. The topological polar surface area (TPSA) is 65.0 Å². The van der Waals surface area contributed by atoms with Crippen LogP contribution < -0.4 is 5.48 Å². The molecule has 64 valence electrons. The van der Waals surface area contributed by atoms with Gasteiger partial charge < -0.3 is 10.7 Å². The Kier molecular flexibility index (Phi) is 2.86. The molecule has 1 amide bonds. The minimum atomic E-state index is -0.900. The summed E-state index contributed by atoms with van der Waals surface area (Å²) in [6.07, 6.45) is 0. The van der Waals surface area contributed by atoms with E-state index in [-0.39, 0.29) is 15.9 Å². The van der Waals surface area contributed by atoms with Crippen molar-refractivity contribution < 1.29 is 4.79 Å². The third kappa shape index (κ3) is 1.85. The van der Waals surface area contributed by atoms with Crippen LogP contribution in [0.25, 0.3) is 0 Å². The zero-order valence-corrected chi connectivity index (χ0v) is 7.19. The van der Waals surface area contributed by atoms with E-state index in [1.165, 1.54) is 12.1 Å². The number of hydrogen-bond donors (Lipinski definition) is 1. The Bertz CT molecular complexity index is 316. The van der Waals surface area contributed by atoms with Crippen molar-refractivity contribution in [3.05, 3.63) is 33.2 Å². The van der Waals surface area contributed by atoms with Gasteiger partial charge in [0.15, 0.2) is 0 Å². The number of hydroxylamine groups is 1. The molecule has 0 saturated heterocycles. The predicted molar refractivity (Wildman–Crippen MR) is 45.1 cm³/mol. The molecule has 12 heavy (non-hydrogen) atoms. The average Bonchev–Trinajstić information content (AvgIpc) is 2.08. The van der Waals surface area contributed by atoms with Gasteiger partial charge in [0, 0.05) is 0 Å². The van der Waals surface area contributed by atoms with E-state index in [4.69, 9.17) is 23.2 Å². The lowest BCUT2D eigenvalue weighted by atomic mass is 10.3. The van der Waals surface area contributed by atoms with E-state index in [2.05, 4.69) is 4.98 Å². The molecule has 6 heteroatoms. The first-order chi connectivity index (χ1) is 5.65. The smallest absolute Gasteiger partial charge is 0.260 e. The van der Waals surface area contributed by atoms with Crippen LogP contribution in [0.1, 0.15) is 10.5 Å². The first kappa shape index (κ1) is 9.25. The Labute approximate surface area is 78.1 Å². The molecule has 0 aliphatic carbocycles. The summed E-state index contributed by atoms with van der Waals surface area (Å²) in [7, 11) is 0. The minimum Gasteiger partial charge on any atom is -0.759 e. The van der Waals surface area contributed by atoms with Crippen molar-refractivity contribution in [3.63, 3.8) is 0 Å². The molecule has 0 saturated carbocycles. The second-order valence-corrected chi connectivity index (χ2v) is 2.69. The molecule has 4 nitrogen and oxygen atoms in total. The fourth-order valence-corrected chi connectivity index (χ4v) is 0.964. The van der Waals surface area contributed by atoms with Gasteiger partial charge in [0.25, 0.3) is 5.91 Å². The van der Waals surface area contributed by atoms with Crippen molar-refractivity contribution in [2.45, 2.75) is 0 Å². The number of aromatic nitrogens is 1. The summed E-state index contributed by atoms with van der Waals surface area (Å²) in [5, 5.41) is 10.2. The summed E-state index contributed by atoms with van der Waals surface area (Å²) in [6, 6.07) is 2.81. The normalized spacial score (nSPS) is 9.58. The van der Waals surface area contributed by atoms with Crippen LogP contribution >= 0.6 is 23.2 Å². The summed E-state index contributed by atoms with van der Waals surface area (Å²) in [5.41, 5.74) is 0.987. The van der Waals surface area contributed by atoms with Crippen molar-refractivity contribution >= 4 is 29.1 Å². The van der Waals surface area contributed by atoms with Crippen LogP contribution in [0.2, 0.25) is 10.2 Å². The highest BCUT2D eigenvalue weighted by atomic mass is 35.5. The Morgan fingerprint density at radius 2 is 2.17 bits per heavy atom. The summed E-state index contributed by atoms with van der Waals surface area (Å²) in [4.78, 5) is 14.3. The highest BCUT2D eigenvalue weighted by Gasteiger charge is 2.08. The van der Waals surface area contributed by atoms with E-state index in [1.807, 2.05) is 0 Å². The van der Waals surface area contributed by atoms with Gasteiger partial charge in [0.1, 0.15) is 10.8 Å². The Hall–Kier alpha value is -0.840. The van der Waals surface area contributed by atoms with Gasteiger partial charge in [0.05, 0.1) is 5.02 Å². The van der Waals surface area contributed by atoms with Gasteiger partial charge >= 0.3 is 0 Å². The minimum absolute atomic E-state index is 0.0905. The van der Waals surface area contributed by atoms with Crippen LogP contribution in [0.15, 0.2) is 12.1 Å². The number of carbonyl (C=O) groups is 1. The average molecular weight is 206 g/mol. The predicted octanol–water partition coefficient (Wildman–Crippen LogP) is 1.62. The van der Waals surface area contributed by atoms with Crippen molar-refractivity contribution in [1.29, 1.82) is 0 Å². The molecule has 1 heterocycles. The molecule has 1 aromatic heterocycles. The lowest BCUT2D eigenvalue weighted by molar-refractivity contribution is 0.0965. The molecule has 0 spiro atoms. The number of nitrogens with zero attached hydrogens (tertiary/aromatic N) is 1. The largest absolute Gasteiger partial charge is 0.759 e. The van der Waals surface area contributed by atoms with Crippen molar-refractivity contribution in [2.75, 3.05) is 0 Å². The van der Waals surface area contributed by atoms with Gasteiger partial charge in [0.2, 0.25) is 0 Å². The van der Waals surface area contributed by atoms with E-state index in [0.717, 1.165) is 5.48 Å². The van der Waals surface area contributed by atoms with E-state index < -0.39 is 5.91 Å². The number of rotatable bonds is 1. The Morgan fingerprint density at radius 3 is 2.75 bits per heavy atom. The first-order valence-electron chi connectivity index (χ1n) is 2.89. The molecular formula is C6H3Cl2N2O2-. The molecule has 0 aliphatic heterocycles. The third-order valence-electron chi connectivity index (χ3n) is 1.12. The van der Waals surface area contributed by atoms with Gasteiger partial charge in [-0.3, -0.25) is 4.79 Å². The van der Waals surface area contributed by atoms with Crippen LogP contribution in [0, 0.1) is 5.21 Å².